The molecule has 2 rings (SSSR count). The number of carbonyl (C=O) groups is 2. The normalized spacial score (nSPS) is 23.8. The van der Waals surface area contributed by atoms with E-state index in [-0.39, 0.29) is 30.8 Å². The van der Waals surface area contributed by atoms with E-state index in [9.17, 15) is 9.59 Å². The highest BCUT2D eigenvalue weighted by Gasteiger charge is 2.27. The molecule has 1 saturated heterocycles. The molecule has 0 aromatic rings. The molecule has 1 aliphatic heterocycles. The van der Waals surface area contributed by atoms with E-state index in [1.54, 1.807) is 0 Å². The molecular formula is C14H24N2O3. The molecule has 0 spiro atoms. The van der Waals surface area contributed by atoms with E-state index in [4.69, 9.17) is 5.11 Å². The summed E-state index contributed by atoms with van der Waals surface area (Å²) in [6.07, 6.45) is 5.48. The Balaban J connectivity index is 1.71. The van der Waals surface area contributed by atoms with Crippen LogP contribution in [0.1, 0.15) is 38.5 Å². The molecule has 1 aliphatic carbocycles. The highest BCUT2D eigenvalue weighted by molar-refractivity contribution is 5.79. The molecule has 19 heavy (non-hydrogen) atoms. The fraction of sp³-hybridized carbons (Fsp3) is 0.857. The third kappa shape index (κ3) is 3.93. The molecule has 0 aromatic heterocycles. The second-order valence-electron chi connectivity index (χ2n) is 5.69. The number of aliphatic hydroxyl groups is 1. The number of hydrogen-bond acceptors (Lipinski definition) is 3. The maximum atomic E-state index is 11.8. The summed E-state index contributed by atoms with van der Waals surface area (Å²) in [5.41, 5.74) is 0. The smallest absolute Gasteiger partial charge is 0.224 e. The topological polar surface area (TPSA) is 69.6 Å². The van der Waals surface area contributed by atoms with Gasteiger partial charge in [0.2, 0.25) is 11.8 Å². The van der Waals surface area contributed by atoms with E-state index in [0.717, 1.165) is 32.2 Å². The van der Waals surface area contributed by atoms with Gasteiger partial charge in [0.15, 0.2) is 0 Å². The maximum absolute atomic E-state index is 11.8. The van der Waals surface area contributed by atoms with Crippen LogP contribution in [0.5, 0.6) is 0 Å². The van der Waals surface area contributed by atoms with Crippen LogP contribution in [0.25, 0.3) is 0 Å². The summed E-state index contributed by atoms with van der Waals surface area (Å²) in [5.74, 6) is 0.804. The molecule has 108 valence electrons. The monoisotopic (exact) mass is 268 g/mol. The summed E-state index contributed by atoms with van der Waals surface area (Å²) in [4.78, 5) is 25.3. The van der Waals surface area contributed by atoms with Crippen LogP contribution >= 0.6 is 0 Å². The van der Waals surface area contributed by atoms with Gasteiger partial charge >= 0.3 is 0 Å². The largest absolute Gasteiger partial charge is 0.396 e. The maximum Gasteiger partial charge on any atom is 0.224 e. The van der Waals surface area contributed by atoms with Crippen molar-refractivity contribution in [2.75, 3.05) is 26.2 Å². The molecule has 1 unspecified atom stereocenters. The van der Waals surface area contributed by atoms with Gasteiger partial charge in [-0.25, -0.2) is 0 Å². The van der Waals surface area contributed by atoms with Crippen molar-refractivity contribution in [2.45, 2.75) is 38.5 Å². The van der Waals surface area contributed by atoms with Gasteiger partial charge < -0.3 is 15.3 Å². The third-order valence-electron chi connectivity index (χ3n) is 4.24. The zero-order chi connectivity index (χ0) is 13.7. The van der Waals surface area contributed by atoms with Crippen LogP contribution in [0.15, 0.2) is 0 Å². The minimum Gasteiger partial charge on any atom is -0.396 e. The number of likely N-dealkylation sites (tertiary alicyclic amines) is 1. The van der Waals surface area contributed by atoms with Gasteiger partial charge in [-0.05, 0) is 31.6 Å². The molecule has 2 fully saturated rings. The van der Waals surface area contributed by atoms with Crippen molar-refractivity contribution in [3.63, 3.8) is 0 Å². The number of rotatable bonds is 5. The predicted octanol–water partition coefficient (Wildman–Crippen LogP) is 0.524. The number of nitrogens with zero attached hydrogens (tertiary/aromatic N) is 1. The van der Waals surface area contributed by atoms with Gasteiger partial charge in [0.1, 0.15) is 0 Å². The molecule has 5 heteroatoms. The minimum absolute atomic E-state index is 0.0255. The second-order valence-corrected chi connectivity index (χ2v) is 5.69. The fourth-order valence-electron chi connectivity index (χ4n) is 2.77. The molecule has 2 N–H and O–H groups in total. The van der Waals surface area contributed by atoms with Crippen LogP contribution in [0, 0.1) is 11.8 Å². The Hall–Kier alpha value is -1.10. The van der Waals surface area contributed by atoms with E-state index < -0.39 is 0 Å². The van der Waals surface area contributed by atoms with Crippen LogP contribution in [0.4, 0.5) is 0 Å². The summed E-state index contributed by atoms with van der Waals surface area (Å²) in [5, 5.41) is 11.8. The molecule has 1 heterocycles. The number of aliphatic hydroxyl groups excluding tert-OH is 1. The van der Waals surface area contributed by atoms with Crippen LogP contribution < -0.4 is 5.32 Å². The van der Waals surface area contributed by atoms with Gasteiger partial charge in [-0.1, -0.05) is 6.42 Å². The summed E-state index contributed by atoms with van der Waals surface area (Å²) in [7, 11) is 0. The molecule has 1 atom stereocenters. The van der Waals surface area contributed by atoms with E-state index >= 15 is 0 Å². The molecule has 0 bridgehead atoms. The van der Waals surface area contributed by atoms with Gasteiger partial charge in [-0.2, -0.15) is 0 Å². The van der Waals surface area contributed by atoms with E-state index in [0.29, 0.717) is 19.0 Å². The number of nitrogens with one attached hydrogen (secondary N) is 1. The summed E-state index contributed by atoms with van der Waals surface area (Å²) in [6, 6.07) is 0. The lowest BCUT2D eigenvalue weighted by Crippen LogP contribution is -2.45. The Morgan fingerprint density at radius 1 is 1.21 bits per heavy atom. The van der Waals surface area contributed by atoms with Gasteiger partial charge in [-0.3, -0.25) is 9.59 Å². The SMILES string of the molecule is O=C(NCC1CCCN(C(=O)CCO)C1)C1CCC1. The highest BCUT2D eigenvalue weighted by Crippen LogP contribution is 2.26. The standard InChI is InChI=1S/C14H24N2O3/c17-8-6-13(18)16-7-2-3-11(10-16)9-15-14(19)12-4-1-5-12/h11-12,17H,1-10H2,(H,15,19). The molecular weight excluding hydrogens is 244 g/mol. The molecule has 5 nitrogen and oxygen atoms in total. The second kappa shape index (κ2) is 6.89. The molecule has 0 aromatic carbocycles. The van der Waals surface area contributed by atoms with Crippen molar-refractivity contribution in [3.8, 4) is 0 Å². The van der Waals surface area contributed by atoms with Gasteiger partial charge in [0, 0.05) is 32.0 Å². The van der Waals surface area contributed by atoms with Crippen LogP contribution in [0.2, 0.25) is 0 Å². The Bertz CT molecular complexity index is 329. The predicted molar refractivity (Wildman–Crippen MR) is 71.4 cm³/mol. The average molecular weight is 268 g/mol. The first-order valence-corrected chi connectivity index (χ1v) is 7.37. The molecule has 1 saturated carbocycles. The Morgan fingerprint density at radius 2 is 2.00 bits per heavy atom. The zero-order valence-electron chi connectivity index (χ0n) is 11.4. The van der Waals surface area contributed by atoms with Crippen molar-refractivity contribution < 1.29 is 14.7 Å². The number of carbonyl (C=O) groups excluding carboxylic acids is 2. The summed E-state index contributed by atoms with van der Waals surface area (Å²) in [6.45, 7) is 2.09. The van der Waals surface area contributed by atoms with Crippen LogP contribution in [0.3, 0.4) is 0 Å². The van der Waals surface area contributed by atoms with E-state index in [1.807, 2.05) is 4.90 Å². The van der Waals surface area contributed by atoms with Crippen molar-refractivity contribution in [1.29, 1.82) is 0 Å². The van der Waals surface area contributed by atoms with E-state index in [1.165, 1.54) is 6.42 Å². The first-order chi connectivity index (χ1) is 9.20. The first kappa shape index (κ1) is 14.3. The lowest BCUT2D eigenvalue weighted by molar-refractivity contribution is -0.133. The minimum atomic E-state index is -0.0849. The van der Waals surface area contributed by atoms with Crippen LogP contribution in [-0.2, 0) is 9.59 Å². The Labute approximate surface area is 114 Å². The lowest BCUT2D eigenvalue weighted by atomic mass is 9.84. The van der Waals surface area contributed by atoms with Gasteiger partial charge in [-0.15, -0.1) is 0 Å². The molecule has 2 amide bonds. The van der Waals surface area contributed by atoms with Crippen molar-refractivity contribution >= 4 is 11.8 Å². The van der Waals surface area contributed by atoms with E-state index in [2.05, 4.69) is 5.32 Å². The molecule has 2 aliphatic rings. The number of hydrogen-bond donors (Lipinski definition) is 2. The lowest BCUT2D eigenvalue weighted by Gasteiger charge is -2.33. The molecule has 0 radical (unpaired) electrons. The average Bonchev–Trinajstić information content (AvgIpc) is 2.35. The quantitative estimate of drug-likeness (QED) is 0.764. The Morgan fingerprint density at radius 3 is 2.63 bits per heavy atom. The van der Waals surface area contributed by atoms with Crippen LogP contribution in [-0.4, -0.2) is 48.1 Å². The fourth-order valence-corrected chi connectivity index (χ4v) is 2.77. The van der Waals surface area contributed by atoms with Crippen molar-refractivity contribution in [3.05, 3.63) is 0 Å². The van der Waals surface area contributed by atoms with Gasteiger partial charge in [0.25, 0.3) is 0 Å². The van der Waals surface area contributed by atoms with Crippen molar-refractivity contribution in [2.24, 2.45) is 11.8 Å². The number of amides is 2. The summed E-state index contributed by atoms with van der Waals surface area (Å²) < 4.78 is 0. The Kier molecular flexibility index (Phi) is 5.19. The first-order valence-electron chi connectivity index (χ1n) is 7.37. The number of piperidine rings is 1. The third-order valence-corrected chi connectivity index (χ3v) is 4.24. The van der Waals surface area contributed by atoms with Gasteiger partial charge in [0.05, 0.1) is 6.61 Å². The summed E-state index contributed by atoms with van der Waals surface area (Å²) >= 11 is 0. The highest BCUT2D eigenvalue weighted by atomic mass is 16.3. The zero-order valence-corrected chi connectivity index (χ0v) is 11.4. The van der Waals surface area contributed by atoms with Crippen molar-refractivity contribution in [1.82, 2.24) is 10.2 Å².